The first-order valence-electron chi connectivity index (χ1n) is 8.82. The number of hydrogen-bond acceptors (Lipinski definition) is 4. The van der Waals surface area contributed by atoms with Gasteiger partial charge in [0.1, 0.15) is 5.75 Å². The lowest BCUT2D eigenvalue weighted by Gasteiger charge is -2.31. The number of amides is 1. The Balaban J connectivity index is 1.98. The van der Waals surface area contributed by atoms with Crippen molar-refractivity contribution < 1.29 is 17.9 Å². The fourth-order valence-corrected chi connectivity index (χ4v) is 5.20. The number of nitrogens with zero attached hydrogens (tertiary/aromatic N) is 1. The van der Waals surface area contributed by atoms with Crippen molar-refractivity contribution in [1.82, 2.24) is 9.62 Å². The van der Waals surface area contributed by atoms with E-state index in [0.29, 0.717) is 37.1 Å². The van der Waals surface area contributed by atoms with Gasteiger partial charge in [0.05, 0.1) is 17.9 Å². The molecule has 1 atom stereocenters. The smallest absolute Gasteiger partial charge is 0.243 e. The third-order valence-corrected chi connectivity index (χ3v) is 6.71. The van der Waals surface area contributed by atoms with Gasteiger partial charge in [-0.05, 0) is 31.9 Å². The first-order chi connectivity index (χ1) is 12.5. The van der Waals surface area contributed by atoms with Gasteiger partial charge in [-0.3, -0.25) is 4.79 Å². The van der Waals surface area contributed by atoms with Crippen molar-refractivity contribution in [1.29, 1.82) is 0 Å². The van der Waals surface area contributed by atoms with Crippen LogP contribution < -0.4 is 10.1 Å². The number of ether oxygens (including phenoxy) is 1. The van der Waals surface area contributed by atoms with Crippen LogP contribution in [-0.4, -0.2) is 45.4 Å². The third-order valence-electron chi connectivity index (χ3n) is 4.79. The molecule has 0 spiro atoms. The summed E-state index contributed by atoms with van der Waals surface area (Å²) in [4.78, 5) is 12.4. The van der Waals surface area contributed by atoms with E-state index in [4.69, 9.17) is 4.74 Å². The normalized spacial score (nSPS) is 18.6. The van der Waals surface area contributed by atoms with Crippen molar-refractivity contribution >= 4 is 26.7 Å². The molecule has 0 unspecified atom stereocenters. The van der Waals surface area contributed by atoms with E-state index >= 15 is 0 Å². The summed E-state index contributed by atoms with van der Waals surface area (Å²) in [6.45, 7) is 3.05. The molecule has 1 N–H and O–H groups in total. The van der Waals surface area contributed by atoms with Gasteiger partial charge in [-0.25, -0.2) is 8.42 Å². The lowest BCUT2D eigenvalue weighted by Crippen LogP contribution is -2.45. The molecule has 0 radical (unpaired) electrons. The highest BCUT2D eigenvalue weighted by molar-refractivity contribution is 7.89. The highest BCUT2D eigenvalue weighted by Crippen LogP contribution is 2.33. The van der Waals surface area contributed by atoms with E-state index in [1.807, 2.05) is 25.1 Å². The minimum atomic E-state index is -3.70. The van der Waals surface area contributed by atoms with E-state index in [0.717, 1.165) is 5.39 Å². The Morgan fingerprint density at radius 3 is 2.65 bits per heavy atom. The van der Waals surface area contributed by atoms with Crippen LogP contribution in [0.3, 0.4) is 0 Å². The van der Waals surface area contributed by atoms with Crippen LogP contribution in [0.2, 0.25) is 0 Å². The number of rotatable bonds is 5. The minimum Gasteiger partial charge on any atom is -0.496 e. The van der Waals surface area contributed by atoms with Gasteiger partial charge in [-0.15, -0.1) is 0 Å². The lowest BCUT2D eigenvalue weighted by atomic mass is 9.99. The number of sulfonamides is 1. The van der Waals surface area contributed by atoms with Crippen LogP contribution in [0, 0.1) is 5.92 Å². The Labute approximate surface area is 154 Å². The Kier molecular flexibility index (Phi) is 5.48. The average molecular weight is 376 g/mol. The molecule has 0 saturated carbocycles. The Bertz CT molecular complexity index is 911. The number of benzene rings is 2. The fourth-order valence-electron chi connectivity index (χ4n) is 3.48. The highest BCUT2D eigenvalue weighted by atomic mass is 32.2. The SMILES string of the molecule is CCNC(=O)[C@@H]1CCCN(S(=O)(=O)c2ccc(OC)c3ccccc23)C1. The first kappa shape index (κ1) is 18.7. The van der Waals surface area contributed by atoms with Crippen LogP contribution >= 0.6 is 0 Å². The zero-order valence-corrected chi connectivity index (χ0v) is 15.9. The monoisotopic (exact) mass is 376 g/mol. The van der Waals surface area contributed by atoms with Crippen molar-refractivity contribution in [2.75, 3.05) is 26.7 Å². The van der Waals surface area contributed by atoms with Gasteiger partial charge >= 0.3 is 0 Å². The van der Waals surface area contributed by atoms with Gasteiger partial charge in [0, 0.05) is 30.4 Å². The maximum atomic E-state index is 13.3. The van der Waals surface area contributed by atoms with E-state index in [-0.39, 0.29) is 23.3 Å². The van der Waals surface area contributed by atoms with Crippen LogP contribution in [0.1, 0.15) is 19.8 Å². The molecule has 3 rings (SSSR count). The molecule has 1 fully saturated rings. The summed E-state index contributed by atoms with van der Waals surface area (Å²) in [7, 11) is -2.13. The standard InChI is InChI=1S/C19H24N2O4S/c1-3-20-19(22)14-7-6-12-21(13-14)26(23,24)18-11-10-17(25-2)15-8-4-5-9-16(15)18/h4-5,8-11,14H,3,6-7,12-13H2,1-2H3,(H,20,22)/t14-/m1/s1. The van der Waals surface area contributed by atoms with E-state index in [9.17, 15) is 13.2 Å². The Morgan fingerprint density at radius 2 is 1.96 bits per heavy atom. The van der Waals surface area contributed by atoms with Gasteiger partial charge < -0.3 is 10.1 Å². The fraction of sp³-hybridized carbons (Fsp3) is 0.421. The predicted molar refractivity (Wildman–Crippen MR) is 101 cm³/mol. The summed E-state index contributed by atoms with van der Waals surface area (Å²) in [5, 5.41) is 4.18. The lowest BCUT2D eigenvalue weighted by molar-refractivity contribution is -0.125. The van der Waals surface area contributed by atoms with Crippen LogP contribution in [0.5, 0.6) is 5.75 Å². The summed E-state index contributed by atoms with van der Waals surface area (Å²) >= 11 is 0. The summed E-state index contributed by atoms with van der Waals surface area (Å²) in [6.07, 6.45) is 1.39. The largest absolute Gasteiger partial charge is 0.496 e. The second kappa shape index (κ2) is 7.63. The van der Waals surface area contributed by atoms with Crippen LogP contribution in [0.15, 0.2) is 41.3 Å². The zero-order chi connectivity index (χ0) is 18.7. The third kappa shape index (κ3) is 3.41. The molecule has 1 heterocycles. The topological polar surface area (TPSA) is 75.7 Å². The molecule has 2 aromatic rings. The van der Waals surface area contributed by atoms with Crippen LogP contribution in [0.25, 0.3) is 10.8 Å². The van der Waals surface area contributed by atoms with E-state index in [1.165, 1.54) is 4.31 Å². The molecule has 2 aromatic carbocycles. The molecule has 7 heteroatoms. The number of piperidine rings is 1. The molecule has 0 aromatic heterocycles. The van der Waals surface area contributed by atoms with Crippen molar-refractivity contribution in [2.24, 2.45) is 5.92 Å². The molecule has 26 heavy (non-hydrogen) atoms. The second-order valence-corrected chi connectivity index (χ2v) is 8.31. The molecule has 1 amide bonds. The number of hydrogen-bond donors (Lipinski definition) is 1. The highest BCUT2D eigenvalue weighted by Gasteiger charge is 2.34. The minimum absolute atomic E-state index is 0.0769. The van der Waals surface area contributed by atoms with Crippen molar-refractivity contribution in [3.8, 4) is 5.75 Å². The quantitative estimate of drug-likeness (QED) is 0.869. The van der Waals surface area contributed by atoms with E-state index < -0.39 is 10.0 Å². The molecule has 1 aliphatic rings. The molecular formula is C19H24N2O4S. The average Bonchev–Trinajstić information content (AvgIpc) is 2.67. The van der Waals surface area contributed by atoms with Crippen molar-refractivity contribution in [3.63, 3.8) is 0 Å². The number of methoxy groups -OCH3 is 1. The van der Waals surface area contributed by atoms with E-state index in [2.05, 4.69) is 5.32 Å². The zero-order valence-electron chi connectivity index (χ0n) is 15.1. The molecule has 1 aliphatic heterocycles. The maximum Gasteiger partial charge on any atom is 0.243 e. The van der Waals surface area contributed by atoms with Gasteiger partial charge in [0.2, 0.25) is 15.9 Å². The van der Waals surface area contributed by atoms with Crippen LogP contribution in [0.4, 0.5) is 0 Å². The summed E-state index contributed by atoms with van der Waals surface area (Å²) in [5.74, 6) is 0.258. The molecule has 140 valence electrons. The molecule has 6 nitrogen and oxygen atoms in total. The predicted octanol–water partition coefficient (Wildman–Crippen LogP) is 2.39. The van der Waals surface area contributed by atoms with E-state index in [1.54, 1.807) is 25.3 Å². The number of nitrogens with one attached hydrogen (secondary N) is 1. The molecule has 0 bridgehead atoms. The van der Waals surface area contributed by atoms with Gasteiger partial charge in [0.15, 0.2) is 0 Å². The van der Waals surface area contributed by atoms with Gasteiger partial charge in [-0.1, -0.05) is 24.3 Å². The molecule has 1 saturated heterocycles. The Morgan fingerprint density at radius 1 is 1.23 bits per heavy atom. The second-order valence-electron chi connectivity index (χ2n) is 6.41. The number of carbonyl (C=O) groups excluding carboxylic acids is 1. The number of carbonyl (C=O) groups is 1. The van der Waals surface area contributed by atoms with Crippen molar-refractivity contribution in [2.45, 2.75) is 24.7 Å². The van der Waals surface area contributed by atoms with Gasteiger partial charge in [0.25, 0.3) is 0 Å². The molecular weight excluding hydrogens is 352 g/mol. The summed E-state index contributed by atoms with van der Waals surface area (Å²) in [5.41, 5.74) is 0. The summed E-state index contributed by atoms with van der Waals surface area (Å²) in [6, 6.07) is 10.6. The summed E-state index contributed by atoms with van der Waals surface area (Å²) < 4.78 is 33.4. The van der Waals surface area contributed by atoms with Crippen molar-refractivity contribution in [3.05, 3.63) is 36.4 Å². The molecule has 0 aliphatic carbocycles. The maximum absolute atomic E-state index is 13.3. The van der Waals surface area contributed by atoms with Crippen LogP contribution in [-0.2, 0) is 14.8 Å². The first-order valence-corrected chi connectivity index (χ1v) is 10.3. The Hall–Kier alpha value is -2.12. The van der Waals surface area contributed by atoms with Gasteiger partial charge in [-0.2, -0.15) is 4.31 Å². The number of fused-ring (bicyclic) bond motifs is 1.